The molecule has 0 aliphatic rings. The minimum absolute atomic E-state index is 0.0494. The van der Waals surface area contributed by atoms with Crippen molar-refractivity contribution < 1.29 is 9.90 Å². The molecule has 2 atom stereocenters. The number of nitrogen functional groups attached to an aromatic ring is 1. The molecule has 0 saturated carbocycles. The van der Waals surface area contributed by atoms with Crippen molar-refractivity contribution in [2.45, 2.75) is 26.3 Å². The van der Waals surface area contributed by atoms with Crippen molar-refractivity contribution >= 4 is 28.9 Å². The Hall–Kier alpha value is -2.38. The normalized spacial score (nSPS) is 14.2. The molecule has 2 rings (SSSR count). The number of aromatic amines is 1. The summed E-state index contributed by atoms with van der Waals surface area (Å²) in [5.41, 5.74) is 6.53. The molecule has 102 valence electrons. The first-order chi connectivity index (χ1) is 9.02. The van der Waals surface area contributed by atoms with Crippen LogP contribution in [0.1, 0.15) is 20.3 Å². The van der Waals surface area contributed by atoms with Gasteiger partial charge in [0.2, 0.25) is 5.95 Å². The van der Waals surface area contributed by atoms with E-state index in [4.69, 9.17) is 5.73 Å². The van der Waals surface area contributed by atoms with E-state index in [1.54, 1.807) is 0 Å². The highest BCUT2D eigenvalue weighted by Gasteiger charge is 2.25. The van der Waals surface area contributed by atoms with Crippen LogP contribution in [-0.2, 0) is 4.79 Å². The monoisotopic (exact) mass is 264 g/mol. The summed E-state index contributed by atoms with van der Waals surface area (Å²) in [6.45, 7) is 3.79. The van der Waals surface area contributed by atoms with Crippen molar-refractivity contribution in [3.8, 4) is 0 Å². The van der Waals surface area contributed by atoms with Gasteiger partial charge in [0.25, 0.3) is 0 Å². The number of carbonyl (C=O) groups is 1. The van der Waals surface area contributed by atoms with Crippen molar-refractivity contribution in [1.29, 1.82) is 0 Å². The Morgan fingerprint density at radius 1 is 1.58 bits per heavy atom. The summed E-state index contributed by atoms with van der Waals surface area (Å²) < 4.78 is 0. The van der Waals surface area contributed by atoms with Crippen LogP contribution in [0.25, 0.3) is 11.2 Å². The number of carboxylic acids is 1. The second-order valence-electron chi connectivity index (χ2n) is 4.38. The zero-order valence-corrected chi connectivity index (χ0v) is 10.7. The predicted octanol–water partition coefficient (Wildman–Crippen LogP) is 0.846. The Balaban J connectivity index is 2.38. The number of fused-ring (bicyclic) bond motifs is 1. The maximum Gasteiger partial charge on any atom is 0.326 e. The molecule has 0 amide bonds. The van der Waals surface area contributed by atoms with Gasteiger partial charge in [0.15, 0.2) is 11.5 Å². The Morgan fingerprint density at radius 3 is 2.95 bits per heavy atom. The number of aliphatic carboxylic acids is 1. The fourth-order valence-electron chi connectivity index (χ4n) is 1.78. The van der Waals surface area contributed by atoms with Crippen LogP contribution in [0.3, 0.4) is 0 Å². The van der Waals surface area contributed by atoms with Crippen LogP contribution < -0.4 is 11.1 Å². The van der Waals surface area contributed by atoms with Gasteiger partial charge in [-0.3, -0.25) is 0 Å². The molecule has 0 bridgehead atoms. The van der Waals surface area contributed by atoms with E-state index >= 15 is 0 Å². The number of H-pyrrole nitrogens is 1. The van der Waals surface area contributed by atoms with Crippen LogP contribution in [0.5, 0.6) is 0 Å². The van der Waals surface area contributed by atoms with E-state index in [1.165, 1.54) is 6.33 Å². The van der Waals surface area contributed by atoms with Gasteiger partial charge in [-0.2, -0.15) is 9.97 Å². The number of nitrogens with zero attached hydrogens (tertiary/aromatic N) is 3. The first-order valence-corrected chi connectivity index (χ1v) is 5.98. The topological polar surface area (TPSA) is 130 Å². The summed E-state index contributed by atoms with van der Waals surface area (Å²) in [5, 5.41) is 12.2. The third-order valence-electron chi connectivity index (χ3n) is 3.07. The fourth-order valence-corrected chi connectivity index (χ4v) is 1.78. The molecule has 0 aromatic carbocycles. The maximum atomic E-state index is 11.3. The number of hydrogen-bond donors (Lipinski definition) is 4. The van der Waals surface area contributed by atoms with Crippen molar-refractivity contribution in [3.05, 3.63) is 6.33 Å². The minimum atomic E-state index is -0.931. The van der Waals surface area contributed by atoms with Crippen molar-refractivity contribution in [2.24, 2.45) is 5.92 Å². The van der Waals surface area contributed by atoms with Crippen LogP contribution in [0.4, 0.5) is 11.8 Å². The van der Waals surface area contributed by atoms with Crippen molar-refractivity contribution in [2.75, 3.05) is 11.1 Å². The summed E-state index contributed by atoms with van der Waals surface area (Å²) in [6, 6.07) is -0.745. The number of hydrogen-bond acceptors (Lipinski definition) is 6. The van der Waals surface area contributed by atoms with Gasteiger partial charge < -0.3 is 21.1 Å². The highest BCUT2D eigenvalue weighted by Crippen LogP contribution is 2.20. The first-order valence-electron chi connectivity index (χ1n) is 5.98. The lowest BCUT2D eigenvalue weighted by Gasteiger charge is -2.20. The van der Waals surface area contributed by atoms with Crippen LogP contribution in [-0.4, -0.2) is 37.1 Å². The second kappa shape index (κ2) is 5.09. The SMILES string of the molecule is CC[C@@H](C)[C@@H](Nc1nc(N)nc2nc[nH]c12)C(=O)O. The standard InChI is InChI=1S/C11H16N6O2/c1-3-5(2)6(10(18)19)15-9-7-8(14-4-13-7)16-11(12)17-9/h4-6H,3H2,1-2H3,(H,18,19)(H4,12,13,14,15,16,17)/t5-,6-/m1/s1. The van der Waals surface area contributed by atoms with Gasteiger partial charge in [-0.05, 0) is 5.92 Å². The van der Waals surface area contributed by atoms with Crippen LogP contribution in [0, 0.1) is 5.92 Å². The van der Waals surface area contributed by atoms with E-state index in [0.717, 1.165) is 6.42 Å². The largest absolute Gasteiger partial charge is 0.480 e. The van der Waals surface area contributed by atoms with Gasteiger partial charge in [0.05, 0.1) is 6.33 Å². The molecule has 0 spiro atoms. The van der Waals surface area contributed by atoms with Crippen LogP contribution >= 0.6 is 0 Å². The molecule has 2 aromatic heterocycles. The molecule has 0 aliphatic carbocycles. The predicted molar refractivity (Wildman–Crippen MR) is 70.6 cm³/mol. The van der Waals surface area contributed by atoms with E-state index < -0.39 is 12.0 Å². The van der Waals surface area contributed by atoms with Gasteiger partial charge in [-0.15, -0.1) is 0 Å². The number of nitrogens with one attached hydrogen (secondary N) is 2. The Kier molecular flexibility index (Phi) is 3.50. The third kappa shape index (κ3) is 2.56. The summed E-state index contributed by atoms with van der Waals surface area (Å²) >= 11 is 0. The number of nitrogens with two attached hydrogens (primary N) is 1. The highest BCUT2D eigenvalue weighted by atomic mass is 16.4. The van der Waals surface area contributed by atoms with Gasteiger partial charge >= 0.3 is 5.97 Å². The molecule has 0 saturated heterocycles. The molecular formula is C11H16N6O2. The zero-order chi connectivity index (χ0) is 14.0. The summed E-state index contributed by atoms with van der Waals surface area (Å²) in [7, 11) is 0. The second-order valence-corrected chi connectivity index (χ2v) is 4.38. The van der Waals surface area contributed by atoms with Gasteiger partial charge in [0, 0.05) is 0 Å². The maximum absolute atomic E-state index is 11.3. The molecule has 0 aliphatic heterocycles. The average molecular weight is 264 g/mol. The molecule has 0 radical (unpaired) electrons. The third-order valence-corrected chi connectivity index (χ3v) is 3.07. The lowest BCUT2D eigenvalue weighted by Crippen LogP contribution is -2.35. The molecule has 8 nitrogen and oxygen atoms in total. The molecular weight excluding hydrogens is 248 g/mol. The quantitative estimate of drug-likeness (QED) is 0.629. The summed E-state index contributed by atoms with van der Waals surface area (Å²) in [6.07, 6.45) is 2.19. The van der Waals surface area contributed by atoms with Crippen LogP contribution in [0.15, 0.2) is 6.33 Å². The van der Waals surface area contributed by atoms with Crippen molar-refractivity contribution in [3.63, 3.8) is 0 Å². The molecule has 0 unspecified atom stereocenters. The number of aromatic nitrogens is 4. The summed E-state index contributed by atoms with van der Waals surface area (Å²) in [4.78, 5) is 26.1. The number of carboxylic acid groups (broad SMARTS) is 1. The number of imidazole rings is 1. The first kappa shape index (κ1) is 13.1. The molecule has 2 heterocycles. The number of anilines is 2. The van der Waals surface area contributed by atoms with Crippen molar-refractivity contribution in [1.82, 2.24) is 19.9 Å². The Labute approximate surface area is 109 Å². The lowest BCUT2D eigenvalue weighted by molar-refractivity contribution is -0.139. The van der Waals surface area contributed by atoms with E-state index in [1.807, 2.05) is 13.8 Å². The van der Waals surface area contributed by atoms with Gasteiger partial charge in [0.1, 0.15) is 11.6 Å². The molecule has 8 heteroatoms. The average Bonchev–Trinajstić information content (AvgIpc) is 2.82. The fraction of sp³-hybridized carbons (Fsp3) is 0.455. The van der Waals surface area contributed by atoms with E-state index in [-0.39, 0.29) is 11.9 Å². The minimum Gasteiger partial charge on any atom is -0.480 e. The molecule has 0 fully saturated rings. The Morgan fingerprint density at radius 2 is 2.32 bits per heavy atom. The lowest BCUT2D eigenvalue weighted by atomic mass is 9.99. The van der Waals surface area contributed by atoms with E-state index in [9.17, 15) is 9.90 Å². The smallest absolute Gasteiger partial charge is 0.326 e. The molecule has 2 aromatic rings. The summed E-state index contributed by atoms with van der Waals surface area (Å²) in [5.74, 6) is -0.575. The van der Waals surface area contributed by atoms with Crippen LogP contribution in [0.2, 0.25) is 0 Å². The van der Waals surface area contributed by atoms with Gasteiger partial charge in [-0.25, -0.2) is 9.78 Å². The van der Waals surface area contributed by atoms with E-state index in [2.05, 4.69) is 25.3 Å². The molecule has 5 N–H and O–H groups in total. The number of rotatable bonds is 5. The Bertz CT molecular complexity index is 596. The zero-order valence-electron chi connectivity index (χ0n) is 10.7. The van der Waals surface area contributed by atoms with E-state index in [0.29, 0.717) is 17.0 Å². The van der Waals surface area contributed by atoms with Gasteiger partial charge in [-0.1, -0.05) is 20.3 Å². The molecule has 19 heavy (non-hydrogen) atoms. The highest BCUT2D eigenvalue weighted by molar-refractivity contribution is 5.86.